The number of allylic oxidation sites excluding steroid dienone is 2. The van der Waals surface area contributed by atoms with Crippen LogP contribution in [0.4, 0.5) is 0 Å². The number of rotatable bonds is 2. The van der Waals surface area contributed by atoms with Crippen LogP contribution in [0.2, 0.25) is 0 Å². The molecule has 0 atom stereocenters. The second kappa shape index (κ2) is 4.31. The van der Waals surface area contributed by atoms with Crippen molar-refractivity contribution in [3.63, 3.8) is 0 Å². The van der Waals surface area contributed by atoms with Crippen molar-refractivity contribution in [2.75, 3.05) is 0 Å². The lowest BCUT2D eigenvalue weighted by atomic mass is 10.4. The molecule has 0 saturated heterocycles. The normalized spacial score (nSPS) is 11.2. The molecule has 0 fully saturated rings. The van der Waals surface area contributed by atoms with E-state index in [1.165, 1.54) is 0 Å². The third kappa shape index (κ3) is 5.15. The van der Waals surface area contributed by atoms with E-state index in [9.17, 15) is 0 Å². The number of aliphatic imine (C=N–C) groups is 1. The van der Waals surface area contributed by atoms with Gasteiger partial charge in [-0.05, 0) is 19.4 Å². The molecule has 44 valence electrons. The van der Waals surface area contributed by atoms with Crippen molar-refractivity contribution in [1.29, 1.82) is 0 Å². The van der Waals surface area contributed by atoms with Gasteiger partial charge in [0.25, 0.3) is 0 Å². The summed E-state index contributed by atoms with van der Waals surface area (Å²) in [5.74, 6) is 0. The second-order valence-electron chi connectivity index (χ2n) is 1.61. The van der Waals surface area contributed by atoms with Gasteiger partial charge in [-0.1, -0.05) is 12.7 Å². The van der Waals surface area contributed by atoms with E-state index in [-0.39, 0.29) is 0 Å². The highest BCUT2D eigenvalue weighted by Gasteiger charge is 1.67. The SMILES string of the molecule is C=C(C)C=N/C=C\C. The summed E-state index contributed by atoms with van der Waals surface area (Å²) >= 11 is 0. The Hall–Kier alpha value is -0.850. The van der Waals surface area contributed by atoms with E-state index in [0.29, 0.717) is 0 Å². The van der Waals surface area contributed by atoms with Crippen molar-refractivity contribution in [2.24, 2.45) is 4.99 Å². The maximum absolute atomic E-state index is 3.88. The first-order valence-corrected chi connectivity index (χ1v) is 2.57. The Labute approximate surface area is 50.4 Å². The predicted molar refractivity (Wildman–Crippen MR) is 38.1 cm³/mol. The molecule has 0 spiro atoms. The molecule has 0 heterocycles. The average Bonchev–Trinajstić information content (AvgIpc) is 1.66. The lowest BCUT2D eigenvalue weighted by Gasteiger charge is -1.78. The van der Waals surface area contributed by atoms with Gasteiger partial charge in [-0.2, -0.15) is 0 Å². The summed E-state index contributed by atoms with van der Waals surface area (Å²) in [5, 5.41) is 0. The minimum Gasteiger partial charge on any atom is -0.265 e. The van der Waals surface area contributed by atoms with Crippen LogP contribution in [-0.4, -0.2) is 6.21 Å². The summed E-state index contributed by atoms with van der Waals surface area (Å²) in [4.78, 5) is 3.88. The van der Waals surface area contributed by atoms with Crippen LogP contribution in [0.15, 0.2) is 29.4 Å². The number of hydrogen-bond donors (Lipinski definition) is 0. The molecule has 1 heteroatoms. The molecule has 0 radical (unpaired) electrons. The molecule has 0 bridgehead atoms. The summed E-state index contributed by atoms with van der Waals surface area (Å²) in [7, 11) is 0. The third-order valence-corrected chi connectivity index (χ3v) is 0.530. The average molecular weight is 109 g/mol. The van der Waals surface area contributed by atoms with E-state index >= 15 is 0 Å². The highest BCUT2D eigenvalue weighted by Crippen LogP contribution is 1.79. The van der Waals surface area contributed by atoms with Crippen LogP contribution in [0.25, 0.3) is 0 Å². The zero-order valence-corrected chi connectivity index (χ0v) is 5.39. The fourth-order valence-corrected chi connectivity index (χ4v) is 0.256. The minimum absolute atomic E-state index is 0.975. The molecule has 0 saturated carbocycles. The smallest absolute Gasteiger partial charge is 0.0290 e. The molecule has 0 unspecified atom stereocenters. The van der Waals surface area contributed by atoms with Gasteiger partial charge in [-0.25, -0.2) is 0 Å². The summed E-state index contributed by atoms with van der Waals surface area (Å²) < 4.78 is 0. The van der Waals surface area contributed by atoms with Gasteiger partial charge in [0.05, 0.1) is 0 Å². The fourth-order valence-electron chi connectivity index (χ4n) is 0.256. The molecule has 0 aliphatic rings. The van der Waals surface area contributed by atoms with Gasteiger partial charge in [0.1, 0.15) is 0 Å². The van der Waals surface area contributed by atoms with Crippen molar-refractivity contribution in [3.05, 3.63) is 24.4 Å². The summed E-state index contributed by atoms with van der Waals surface area (Å²) in [6.07, 6.45) is 5.33. The maximum atomic E-state index is 3.88. The molecule has 0 aromatic rings. The van der Waals surface area contributed by atoms with Gasteiger partial charge < -0.3 is 0 Å². The number of hydrogen-bond acceptors (Lipinski definition) is 1. The molecule has 0 amide bonds. The summed E-state index contributed by atoms with van der Waals surface area (Å²) in [6, 6.07) is 0. The van der Waals surface area contributed by atoms with E-state index < -0.39 is 0 Å². The van der Waals surface area contributed by atoms with Crippen molar-refractivity contribution in [1.82, 2.24) is 0 Å². The standard InChI is InChI=1S/C7H11N/c1-4-5-8-6-7(2)3/h4-6H,2H2,1,3H3/b5-4-,8-6?. The van der Waals surface area contributed by atoms with Crippen LogP contribution in [-0.2, 0) is 0 Å². The Morgan fingerprint density at radius 2 is 2.25 bits per heavy atom. The van der Waals surface area contributed by atoms with E-state index in [0.717, 1.165) is 5.57 Å². The zero-order valence-electron chi connectivity index (χ0n) is 5.39. The van der Waals surface area contributed by atoms with Crippen molar-refractivity contribution >= 4 is 6.21 Å². The molecule has 0 aromatic carbocycles. The first-order valence-electron chi connectivity index (χ1n) is 2.57. The molecular weight excluding hydrogens is 98.1 g/mol. The molecule has 8 heavy (non-hydrogen) atoms. The Kier molecular flexibility index (Phi) is 3.85. The lowest BCUT2D eigenvalue weighted by Crippen LogP contribution is -1.68. The molecule has 0 rings (SSSR count). The Morgan fingerprint density at radius 1 is 1.62 bits per heavy atom. The molecule has 0 aliphatic carbocycles. The van der Waals surface area contributed by atoms with Gasteiger partial charge in [0, 0.05) is 12.4 Å². The molecule has 0 aliphatic heterocycles. The first kappa shape index (κ1) is 7.15. The Balaban J connectivity index is 3.50. The van der Waals surface area contributed by atoms with Crippen molar-refractivity contribution in [3.8, 4) is 0 Å². The molecular formula is C7H11N. The summed E-state index contributed by atoms with van der Waals surface area (Å²) in [6.45, 7) is 7.48. The quantitative estimate of drug-likeness (QED) is 0.482. The summed E-state index contributed by atoms with van der Waals surface area (Å²) in [5.41, 5.74) is 0.975. The number of nitrogens with zero attached hydrogens (tertiary/aromatic N) is 1. The van der Waals surface area contributed by atoms with Gasteiger partial charge in [-0.3, -0.25) is 4.99 Å². The van der Waals surface area contributed by atoms with Crippen molar-refractivity contribution in [2.45, 2.75) is 13.8 Å². The van der Waals surface area contributed by atoms with Crippen LogP contribution in [0.3, 0.4) is 0 Å². The first-order chi connectivity index (χ1) is 3.77. The van der Waals surface area contributed by atoms with Crippen LogP contribution < -0.4 is 0 Å². The van der Waals surface area contributed by atoms with E-state index in [4.69, 9.17) is 0 Å². The fraction of sp³-hybridized carbons (Fsp3) is 0.286. The van der Waals surface area contributed by atoms with Gasteiger partial charge in [0.15, 0.2) is 0 Å². The van der Waals surface area contributed by atoms with E-state index in [2.05, 4.69) is 11.6 Å². The monoisotopic (exact) mass is 109 g/mol. The van der Waals surface area contributed by atoms with Crippen molar-refractivity contribution < 1.29 is 0 Å². The molecule has 0 aromatic heterocycles. The van der Waals surface area contributed by atoms with Crippen LogP contribution in [0.1, 0.15) is 13.8 Å². The highest BCUT2D eigenvalue weighted by molar-refractivity contribution is 5.77. The van der Waals surface area contributed by atoms with Gasteiger partial charge >= 0.3 is 0 Å². The second-order valence-corrected chi connectivity index (χ2v) is 1.61. The molecule has 1 nitrogen and oxygen atoms in total. The maximum Gasteiger partial charge on any atom is 0.0290 e. The predicted octanol–water partition coefficient (Wildman–Crippen LogP) is 2.17. The van der Waals surface area contributed by atoms with E-state index in [1.54, 1.807) is 12.4 Å². The third-order valence-electron chi connectivity index (χ3n) is 0.530. The Morgan fingerprint density at radius 3 is 2.62 bits per heavy atom. The molecule has 0 N–H and O–H groups in total. The van der Waals surface area contributed by atoms with Crippen LogP contribution in [0.5, 0.6) is 0 Å². The topological polar surface area (TPSA) is 12.4 Å². The van der Waals surface area contributed by atoms with Gasteiger partial charge in [0.2, 0.25) is 0 Å². The Bertz CT molecular complexity index is 120. The van der Waals surface area contributed by atoms with Crippen LogP contribution in [0, 0.1) is 0 Å². The zero-order chi connectivity index (χ0) is 6.41. The lowest BCUT2D eigenvalue weighted by molar-refractivity contribution is 1.52. The largest absolute Gasteiger partial charge is 0.265 e. The highest BCUT2D eigenvalue weighted by atomic mass is 14.7. The van der Waals surface area contributed by atoms with Gasteiger partial charge in [-0.15, -0.1) is 0 Å². The van der Waals surface area contributed by atoms with E-state index in [1.807, 2.05) is 19.9 Å². The minimum atomic E-state index is 0.975. The van der Waals surface area contributed by atoms with Crippen LogP contribution >= 0.6 is 0 Å².